The van der Waals surface area contributed by atoms with E-state index in [0.717, 1.165) is 37.2 Å². The van der Waals surface area contributed by atoms with Gasteiger partial charge >= 0.3 is 0 Å². The van der Waals surface area contributed by atoms with Gasteiger partial charge in [0.05, 0.1) is 6.10 Å². The maximum absolute atomic E-state index is 10.3. The molecule has 3 nitrogen and oxygen atoms in total. The molecule has 4 atom stereocenters. The third kappa shape index (κ3) is 5.07. The number of ether oxygens (including phenoxy) is 1. The standard InChI is InChI=1S/C22H29NO2/c1-3-16(2)23-21-14-18(15-22(21)24)13-17-9-11-20(12-10-17)25-19-7-5-4-6-8-19/h4-12,16,18,21-24H,3,13-15H2,1-2H3. The second kappa shape index (κ2) is 8.50. The van der Waals surface area contributed by atoms with Crippen LogP contribution >= 0.6 is 0 Å². The van der Waals surface area contributed by atoms with E-state index in [4.69, 9.17) is 4.74 Å². The predicted octanol–water partition coefficient (Wildman–Crippen LogP) is 4.55. The summed E-state index contributed by atoms with van der Waals surface area (Å²) < 4.78 is 5.84. The van der Waals surface area contributed by atoms with Gasteiger partial charge in [-0.3, -0.25) is 0 Å². The first-order chi connectivity index (χ1) is 12.1. The summed E-state index contributed by atoms with van der Waals surface area (Å²) in [6.07, 6.45) is 3.82. The third-order valence-corrected chi connectivity index (χ3v) is 5.16. The van der Waals surface area contributed by atoms with Crippen molar-refractivity contribution < 1.29 is 9.84 Å². The molecule has 3 heteroatoms. The summed E-state index contributed by atoms with van der Waals surface area (Å²) in [6.45, 7) is 4.36. The van der Waals surface area contributed by atoms with Crippen LogP contribution < -0.4 is 10.1 Å². The molecular formula is C22H29NO2. The lowest BCUT2D eigenvalue weighted by molar-refractivity contribution is 0.141. The molecule has 1 aliphatic rings. The van der Waals surface area contributed by atoms with Crippen molar-refractivity contribution in [2.24, 2.45) is 5.92 Å². The molecule has 1 saturated carbocycles. The van der Waals surface area contributed by atoms with Gasteiger partial charge in [-0.1, -0.05) is 37.3 Å². The van der Waals surface area contributed by atoms with Crippen LogP contribution in [0.15, 0.2) is 54.6 Å². The van der Waals surface area contributed by atoms with Gasteiger partial charge < -0.3 is 15.2 Å². The largest absolute Gasteiger partial charge is 0.457 e. The summed E-state index contributed by atoms with van der Waals surface area (Å²) in [7, 11) is 0. The topological polar surface area (TPSA) is 41.5 Å². The zero-order valence-electron chi connectivity index (χ0n) is 15.2. The maximum Gasteiger partial charge on any atom is 0.127 e. The Morgan fingerprint density at radius 2 is 1.72 bits per heavy atom. The van der Waals surface area contributed by atoms with Gasteiger partial charge in [0.1, 0.15) is 11.5 Å². The molecule has 134 valence electrons. The lowest BCUT2D eigenvalue weighted by Crippen LogP contribution is -2.40. The van der Waals surface area contributed by atoms with Gasteiger partial charge in [0, 0.05) is 12.1 Å². The van der Waals surface area contributed by atoms with Crippen molar-refractivity contribution in [3.8, 4) is 11.5 Å². The Morgan fingerprint density at radius 1 is 1.04 bits per heavy atom. The van der Waals surface area contributed by atoms with Crippen molar-refractivity contribution in [2.45, 2.75) is 57.7 Å². The van der Waals surface area contributed by atoms with Gasteiger partial charge in [-0.2, -0.15) is 0 Å². The number of benzene rings is 2. The summed E-state index contributed by atoms with van der Waals surface area (Å²) in [5.74, 6) is 2.25. The Hall–Kier alpha value is -1.84. The second-order valence-corrected chi connectivity index (χ2v) is 7.25. The summed E-state index contributed by atoms with van der Waals surface area (Å²) >= 11 is 0. The average molecular weight is 339 g/mol. The SMILES string of the molecule is CCC(C)NC1CC(Cc2ccc(Oc3ccccc3)cc2)CC1O. The minimum absolute atomic E-state index is 0.223. The molecule has 0 aliphatic heterocycles. The van der Waals surface area contributed by atoms with Gasteiger partial charge in [-0.05, 0) is 68.4 Å². The molecule has 2 aromatic rings. The van der Waals surface area contributed by atoms with Crippen LogP contribution in [0.5, 0.6) is 11.5 Å². The van der Waals surface area contributed by atoms with Crippen LogP contribution in [0.3, 0.4) is 0 Å². The van der Waals surface area contributed by atoms with E-state index in [2.05, 4.69) is 31.3 Å². The van der Waals surface area contributed by atoms with Crippen LogP contribution in [-0.4, -0.2) is 23.3 Å². The van der Waals surface area contributed by atoms with Gasteiger partial charge in [-0.15, -0.1) is 0 Å². The highest BCUT2D eigenvalue weighted by Gasteiger charge is 2.33. The van der Waals surface area contributed by atoms with E-state index in [0.29, 0.717) is 12.0 Å². The van der Waals surface area contributed by atoms with Crippen LogP contribution in [0, 0.1) is 5.92 Å². The molecule has 0 amide bonds. The molecular weight excluding hydrogens is 310 g/mol. The number of para-hydroxylation sites is 1. The molecule has 4 unspecified atom stereocenters. The Bertz CT molecular complexity index is 641. The van der Waals surface area contributed by atoms with E-state index in [1.165, 1.54) is 5.56 Å². The molecule has 0 radical (unpaired) electrons. The quantitative estimate of drug-likeness (QED) is 0.777. The van der Waals surface area contributed by atoms with Crippen LogP contribution in [0.4, 0.5) is 0 Å². The van der Waals surface area contributed by atoms with E-state index >= 15 is 0 Å². The Labute approximate surface area is 151 Å². The molecule has 1 aliphatic carbocycles. The van der Waals surface area contributed by atoms with Crippen molar-refractivity contribution >= 4 is 0 Å². The Morgan fingerprint density at radius 3 is 2.40 bits per heavy atom. The van der Waals surface area contributed by atoms with Crippen LogP contribution in [-0.2, 0) is 6.42 Å². The van der Waals surface area contributed by atoms with Crippen molar-refractivity contribution in [1.82, 2.24) is 5.32 Å². The molecule has 2 N–H and O–H groups in total. The van der Waals surface area contributed by atoms with Gasteiger partial charge in [0.2, 0.25) is 0 Å². The number of rotatable bonds is 7. The molecule has 25 heavy (non-hydrogen) atoms. The zero-order chi connectivity index (χ0) is 17.6. The van der Waals surface area contributed by atoms with Gasteiger partial charge in [0.15, 0.2) is 0 Å². The molecule has 2 aromatic carbocycles. The van der Waals surface area contributed by atoms with Crippen molar-refractivity contribution in [3.63, 3.8) is 0 Å². The van der Waals surface area contributed by atoms with Crippen molar-refractivity contribution in [3.05, 3.63) is 60.2 Å². The molecule has 0 spiro atoms. The van der Waals surface area contributed by atoms with E-state index in [-0.39, 0.29) is 12.1 Å². The Balaban J connectivity index is 1.53. The van der Waals surface area contributed by atoms with Crippen LogP contribution in [0.25, 0.3) is 0 Å². The summed E-state index contributed by atoms with van der Waals surface area (Å²) in [5.41, 5.74) is 1.31. The highest BCUT2D eigenvalue weighted by atomic mass is 16.5. The first-order valence-electron chi connectivity index (χ1n) is 9.40. The minimum Gasteiger partial charge on any atom is -0.457 e. The number of nitrogens with one attached hydrogen (secondary N) is 1. The fourth-order valence-corrected chi connectivity index (χ4v) is 3.60. The van der Waals surface area contributed by atoms with Crippen LogP contribution in [0.2, 0.25) is 0 Å². The number of hydrogen-bond donors (Lipinski definition) is 2. The molecule has 0 saturated heterocycles. The van der Waals surface area contributed by atoms with Crippen molar-refractivity contribution in [1.29, 1.82) is 0 Å². The van der Waals surface area contributed by atoms with E-state index in [1.54, 1.807) is 0 Å². The van der Waals surface area contributed by atoms with Gasteiger partial charge in [0.25, 0.3) is 0 Å². The number of hydrogen-bond acceptors (Lipinski definition) is 3. The maximum atomic E-state index is 10.3. The normalized spacial score (nSPS) is 24.2. The monoisotopic (exact) mass is 339 g/mol. The zero-order valence-corrected chi connectivity index (χ0v) is 15.2. The fourth-order valence-electron chi connectivity index (χ4n) is 3.60. The average Bonchev–Trinajstić information content (AvgIpc) is 2.96. The van der Waals surface area contributed by atoms with E-state index in [9.17, 15) is 5.11 Å². The Kier molecular flexibility index (Phi) is 6.11. The molecule has 1 fully saturated rings. The molecule has 0 bridgehead atoms. The predicted molar refractivity (Wildman–Crippen MR) is 102 cm³/mol. The minimum atomic E-state index is -0.223. The summed E-state index contributed by atoms with van der Waals surface area (Å²) in [6, 6.07) is 18.9. The number of aliphatic hydroxyl groups excluding tert-OH is 1. The first-order valence-corrected chi connectivity index (χ1v) is 9.40. The first kappa shape index (κ1) is 18.0. The molecule has 0 aromatic heterocycles. The lowest BCUT2D eigenvalue weighted by atomic mass is 9.97. The second-order valence-electron chi connectivity index (χ2n) is 7.25. The fraction of sp³-hybridized carbons (Fsp3) is 0.455. The highest BCUT2D eigenvalue weighted by molar-refractivity contribution is 5.33. The van der Waals surface area contributed by atoms with Crippen molar-refractivity contribution in [2.75, 3.05) is 0 Å². The molecule has 3 rings (SSSR count). The lowest BCUT2D eigenvalue weighted by Gasteiger charge is -2.21. The summed E-state index contributed by atoms with van der Waals surface area (Å²) in [4.78, 5) is 0. The number of aliphatic hydroxyl groups is 1. The van der Waals surface area contributed by atoms with E-state index in [1.807, 2.05) is 42.5 Å². The summed E-state index contributed by atoms with van der Waals surface area (Å²) in [5, 5.41) is 13.9. The van der Waals surface area contributed by atoms with Gasteiger partial charge in [-0.25, -0.2) is 0 Å². The third-order valence-electron chi connectivity index (χ3n) is 5.16. The van der Waals surface area contributed by atoms with E-state index < -0.39 is 0 Å². The highest BCUT2D eigenvalue weighted by Crippen LogP contribution is 2.30. The smallest absolute Gasteiger partial charge is 0.127 e. The van der Waals surface area contributed by atoms with Crippen LogP contribution in [0.1, 0.15) is 38.7 Å². The molecule has 0 heterocycles.